The molecule has 0 spiro atoms. The van der Waals surface area contributed by atoms with Gasteiger partial charge in [0.25, 0.3) is 0 Å². The minimum Gasteiger partial charge on any atom is -0.389 e. The number of ether oxygens (including phenoxy) is 2. The van der Waals surface area contributed by atoms with Crippen molar-refractivity contribution < 1.29 is 19.1 Å². The maximum absolute atomic E-state index is 10.3. The molecule has 2 rings (SSSR count). The number of epoxide rings is 1. The van der Waals surface area contributed by atoms with Gasteiger partial charge in [0, 0.05) is 0 Å². The first-order valence-corrected chi connectivity index (χ1v) is 2.20. The van der Waals surface area contributed by atoms with Gasteiger partial charge in [-0.15, -0.1) is 0 Å². The van der Waals surface area contributed by atoms with Crippen LogP contribution in [0.25, 0.3) is 0 Å². The Morgan fingerprint density at radius 3 is 1.75 bits per heavy atom. The summed E-state index contributed by atoms with van der Waals surface area (Å²) in [5.74, 6) is -1.08. The van der Waals surface area contributed by atoms with Gasteiger partial charge in [0.1, 0.15) is 0 Å². The van der Waals surface area contributed by atoms with Crippen LogP contribution < -0.4 is 0 Å². The third kappa shape index (κ3) is 0.293. The Balaban J connectivity index is 2.31. The number of rotatable bonds is 0. The average molecular weight is 114 g/mol. The Morgan fingerprint density at radius 1 is 1.12 bits per heavy atom. The number of esters is 2. The Hall–Kier alpha value is -0.900. The summed E-state index contributed by atoms with van der Waals surface area (Å²) in [5.41, 5.74) is 0. The van der Waals surface area contributed by atoms with Crippen molar-refractivity contribution in [1.82, 2.24) is 0 Å². The molecule has 42 valence electrons. The van der Waals surface area contributed by atoms with Crippen molar-refractivity contribution in [3.63, 3.8) is 0 Å². The first kappa shape index (κ1) is 4.03. The molecule has 0 saturated carbocycles. The summed E-state index contributed by atoms with van der Waals surface area (Å²) in [5, 5.41) is 0. The number of cyclic esters (lactones) is 2. The number of carbonyl (C=O) groups is 2. The second-order valence-electron chi connectivity index (χ2n) is 1.72. The molecule has 0 aromatic rings. The molecule has 0 aromatic carbocycles. The first-order chi connectivity index (χ1) is 3.79. The van der Waals surface area contributed by atoms with Crippen LogP contribution in [-0.2, 0) is 19.1 Å². The second-order valence-corrected chi connectivity index (χ2v) is 1.72. The lowest BCUT2D eigenvalue weighted by molar-refractivity contribution is -0.159. The molecule has 2 unspecified atom stereocenters. The predicted octanol–water partition coefficient (Wildman–Crippen LogP) is -1.16. The highest BCUT2D eigenvalue weighted by molar-refractivity contribution is 6.03. The van der Waals surface area contributed by atoms with Crippen LogP contribution in [0, 0.1) is 0 Å². The summed E-state index contributed by atoms with van der Waals surface area (Å²) in [6.07, 6.45) is -1.11. The summed E-state index contributed by atoms with van der Waals surface area (Å²) in [4.78, 5) is 20.5. The highest BCUT2D eigenvalue weighted by atomic mass is 16.7. The van der Waals surface area contributed by atoms with E-state index < -0.39 is 24.1 Å². The first-order valence-electron chi connectivity index (χ1n) is 2.20. The van der Waals surface area contributed by atoms with E-state index in [1.165, 1.54) is 0 Å². The third-order valence-electron chi connectivity index (χ3n) is 1.16. The van der Waals surface area contributed by atoms with Crippen molar-refractivity contribution in [2.24, 2.45) is 0 Å². The number of hydrogen-bond donors (Lipinski definition) is 0. The van der Waals surface area contributed by atoms with Crippen molar-refractivity contribution >= 4 is 11.9 Å². The molecule has 4 heteroatoms. The zero-order valence-electron chi connectivity index (χ0n) is 3.79. The minimum atomic E-state index is -0.553. The van der Waals surface area contributed by atoms with Gasteiger partial charge in [-0.2, -0.15) is 0 Å². The van der Waals surface area contributed by atoms with Crippen LogP contribution in [-0.4, -0.2) is 24.1 Å². The van der Waals surface area contributed by atoms with Gasteiger partial charge < -0.3 is 9.47 Å². The van der Waals surface area contributed by atoms with Gasteiger partial charge in [-0.25, -0.2) is 9.59 Å². The number of carbonyl (C=O) groups excluding carboxylic acids is 2. The zero-order valence-corrected chi connectivity index (χ0v) is 3.79. The van der Waals surface area contributed by atoms with E-state index in [9.17, 15) is 9.59 Å². The Kier molecular flexibility index (Phi) is 0.465. The summed E-state index contributed by atoms with van der Waals surface area (Å²) >= 11 is 0. The van der Waals surface area contributed by atoms with Gasteiger partial charge in [-0.3, -0.25) is 0 Å². The molecule has 4 nitrogen and oxygen atoms in total. The standard InChI is InChI=1S/C4H2O4/c5-3-1-2(7-1)4(6)8-3/h1-2H. The summed E-state index contributed by atoms with van der Waals surface area (Å²) in [6.45, 7) is 0. The summed E-state index contributed by atoms with van der Waals surface area (Å²) in [6, 6.07) is 0. The van der Waals surface area contributed by atoms with Crippen LogP contribution in [0.2, 0.25) is 0 Å². The van der Waals surface area contributed by atoms with Crippen molar-refractivity contribution in [1.29, 1.82) is 0 Å². The predicted molar refractivity (Wildman–Crippen MR) is 19.8 cm³/mol. The van der Waals surface area contributed by atoms with E-state index in [1.54, 1.807) is 0 Å². The summed E-state index contributed by atoms with van der Waals surface area (Å²) in [7, 11) is 0. The van der Waals surface area contributed by atoms with E-state index in [1.807, 2.05) is 0 Å². The van der Waals surface area contributed by atoms with E-state index in [-0.39, 0.29) is 0 Å². The van der Waals surface area contributed by atoms with Crippen molar-refractivity contribution in [3.8, 4) is 0 Å². The van der Waals surface area contributed by atoms with E-state index in [2.05, 4.69) is 9.47 Å². The Bertz CT molecular complexity index is 155. The lowest BCUT2D eigenvalue weighted by Gasteiger charge is -1.87. The van der Waals surface area contributed by atoms with Crippen LogP contribution >= 0.6 is 0 Å². The number of fused-ring (bicyclic) bond motifs is 1. The van der Waals surface area contributed by atoms with E-state index in [0.717, 1.165) is 0 Å². The molecular formula is C4H2O4. The van der Waals surface area contributed by atoms with Crippen LogP contribution in [0.4, 0.5) is 0 Å². The van der Waals surface area contributed by atoms with Crippen molar-refractivity contribution in [2.45, 2.75) is 12.2 Å². The third-order valence-corrected chi connectivity index (χ3v) is 1.16. The van der Waals surface area contributed by atoms with Crippen LogP contribution in [0.15, 0.2) is 0 Å². The lowest BCUT2D eigenvalue weighted by atomic mass is 10.4. The molecule has 2 fully saturated rings. The fraction of sp³-hybridized carbons (Fsp3) is 0.500. The molecule has 2 aliphatic heterocycles. The molecule has 0 aromatic heterocycles. The fourth-order valence-corrected chi connectivity index (χ4v) is 0.686. The molecule has 8 heavy (non-hydrogen) atoms. The second kappa shape index (κ2) is 0.925. The van der Waals surface area contributed by atoms with Gasteiger partial charge >= 0.3 is 11.9 Å². The molecule has 2 saturated heterocycles. The molecule has 0 amide bonds. The molecule has 0 N–H and O–H groups in total. The normalized spacial score (nSPS) is 41.5. The van der Waals surface area contributed by atoms with Crippen LogP contribution in [0.3, 0.4) is 0 Å². The van der Waals surface area contributed by atoms with Gasteiger partial charge in [0.15, 0.2) is 12.2 Å². The van der Waals surface area contributed by atoms with Crippen molar-refractivity contribution in [3.05, 3.63) is 0 Å². The van der Waals surface area contributed by atoms with Crippen molar-refractivity contribution in [2.75, 3.05) is 0 Å². The lowest BCUT2D eigenvalue weighted by Crippen LogP contribution is -2.07. The maximum Gasteiger partial charge on any atom is 0.346 e. The average Bonchev–Trinajstić information content (AvgIpc) is 2.35. The van der Waals surface area contributed by atoms with Gasteiger partial charge in [0.05, 0.1) is 0 Å². The molecule has 0 aliphatic carbocycles. The van der Waals surface area contributed by atoms with E-state index >= 15 is 0 Å². The Labute approximate surface area is 44.4 Å². The monoisotopic (exact) mass is 114 g/mol. The smallest absolute Gasteiger partial charge is 0.346 e. The van der Waals surface area contributed by atoms with Gasteiger partial charge in [-0.1, -0.05) is 0 Å². The van der Waals surface area contributed by atoms with E-state index in [4.69, 9.17) is 0 Å². The highest BCUT2D eigenvalue weighted by Gasteiger charge is 2.59. The maximum atomic E-state index is 10.3. The van der Waals surface area contributed by atoms with Gasteiger partial charge in [0.2, 0.25) is 0 Å². The molecular weight excluding hydrogens is 112 g/mol. The molecule has 0 radical (unpaired) electrons. The fourth-order valence-electron chi connectivity index (χ4n) is 0.686. The SMILES string of the molecule is O=C1OC(=O)C2OC12. The number of hydrogen-bond acceptors (Lipinski definition) is 4. The molecule has 0 bridgehead atoms. The molecule has 2 atom stereocenters. The van der Waals surface area contributed by atoms with Gasteiger partial charge in [-0.05, 0) is 0 Å². The zero-order chi connectivity index (χ0) is 5.72. The highest BCUT2D eigenvalue weighted by Crippen LogP contribution is 2.30. The quantitative estimate of drug-likeness (QED) is 0.226. The van der Waals surface area contributed by atoms with Crippen LogP contribution in [0.1, 0.15) is 0 Å². The Morgan fingerprint density at radius 2 is 1.62 bits per heavy atom. The molecule has 2 aliphatic rings. The largest absolute Gasteiger partial charge is 0.389 e. The van der Waals surface area contributed by atoms with Crippen LogP contribution in [0.5, 0.6) is 0 Å². The molecule has 2 heterocycles. The summed E-state index contributed by atoms with van der Waals surface area (Å²) < 4.78 is 8.67. The topological polar surface area (TPSA) is 55.9 Å². The minimum absolute atomic E-state index is 0.542. The van der Waals surface area contributed by atoms with E-state index in [0.29, 0.717) is 0 Å².